The summed E-state index contributed by atoms with van der Waals surface area (Å²) in [7, 11) is 0. The van der Waals surface area contributed by atoms with Crippen LogP contribution in [0.1, 0.15) is 57.8 Å². The van der Waals surface area contributed by atoms with E-state index in [1.54, 1.807) is 0 Å². The van der Waals surface area contributed by atoms with Crippen LogP contribution in [-0.4, -0.2) is 6.04 Å². The fraction of sp³-hybridized carbons (Fsp3) is 0.923. The van der Waals surface area contributed by atoms with Crippen molar-refractivity contribution >= 4 is 0 Å². The molecule has 81 valence electrons. The van der Waals surface area contributed by atoms with Crippen LogP contribution >= 0.6 is 0 Å². The molecule has 0 amide bonds. The van der Waals surface area contributed by atoms with Crippen LogP contribution < -0.4 is 5.73 Å². The number of rotatable bonds is 2. The summed E-state index contributed by atoms with van der Waals surface area (Å²) in [5.41, 5.74) is 6.19. The van der Waals surface area contributed by atoms with Gasteiger partial charge in [-0.3, -0.25) is 0 Å². The Bertz CT molecular complexity index is 161. The molecular formula is C13H24N. The third-order valence-electron chi connectivity index (χ3n) is 4.16. The Morgan fingerprint density at radius 2 is 1.71 bits per heavy atom. The van der Waals surface area contributed by atoms with E-state index < -0.39 is 0 Å². The third kappa shape index (κ3) is 2.73. The highest BCUT2D eigenvalue weighted by Gasteiger charge is 2.25. The van der Waals surface area contributed by atoms with Gasteiger partial charge < -0.3 is 5.73 Å². The summed E-state index contributed by atoms with van der Waals surface area (Å²) in [6.45, 7) is 0. The second-order valence-corrected chi connectivity index (χ2v) is 5.25. The molecule has 0 saturated heterocycles. The van der Waals surface area contributed by atoms with Crippen LogP contribution in [0.3, 0.4) is 0 Å². The van der Waals surface area contributed by atoms with Crippen molar-refractivity contribution in [1.82, 2.24) is 0 Å². The molecule has 2 aliphatic carbocycles. The molecule has 0 heterocycles. The van der Waals surface area contributed by atoms with Gasteiger partial charge in [-0.25, -0.2) is 0 Å². The first-order valence-electron chi connectivity index (χ1n) is 6.43. The molecule has 1 radical (unpaired) electrons. The van der Waals surface area contributed by atoms with Crippen LogP contribution in [-0.2, 0) is 0 Å². The van der Waals surface area contributed by atoms with Crippen LogP contribution in [0.4, 0.5) is 0 Å². The van der Waals surface area contributed by atoms with Crippen LogP contribution in [0.2, 0.25) is 0 Å². The summed E-state index contributed by atoms with van der Waals surface area (Å²) in [5, 5.41) is 0. The lowest BCUT2D eigenvalue weighted by molar-refractivity contribution is 0.231. The zero-order valence-corrected chi connectivity index (χ0v) is 9.25. The average molecular weight is 194 g/mol. The zero-order valence-electron chi connectivity index (χ0n) is 9.25. The first-order chi connectivity index (χ1) is 6.86. The second-order valence-electron chi connectivity index (χ2n) is 5.25. The Kier molecular flexibility index (Phi) is 3.86. The zero-order chi connectivity index (χ0) is 9.80. The number of hydrogen-bond acceptors (Lipinski definition) is 1. The molecule has 0 aromatic carbocycles. The first kappa shape index (κ1) is 10.5. The van der Waals surface area contributed by atoms with Crippen LogP contribution in [0.5, 0.6) is 0 Å². The molecule has 1 nitrogen and oxygen atoms in total. The van der Waals surface area contributed by atoms with Gasteiger partial charge >= 0.3 is 0 Å². The highest BCUT2D eigenvalue weighted by Crippen LogP contribution is 2.34. The van der Waals surface area contributed by atoms with Crippen molar-refractivity contribution in [3.63, 3.8) is 0 Å². The van der Waals surface area contributed by atoms with Gasteiger partial charge in [0.2, 0.25) is 0 Å². The number of hydrogen-bond donors (Lipinski definition) is 1. The maximum Gasteiger partial charge on any atom is 0.00672 e. The molecule has 2 aliphatic rings. The molecule has 0 aromatic heterocycles. The van der Waals surface area contributed by atoms with Gasteiger partial charge in [0.15, 0.2) is 0 Å². The maximum atomic E-state index is 6.19. The summed E-state index contributed by atoms with van der Waals surface area (Å²) >= 11 is 0. The van der Waals surface area contributed by atoms with E-state index in [-0.39, 0.29) is 0 Å². The molecule has 2 rings (SSSR count). The summed E-state index contributed by atoms with van der Waals surface area (Å²) in [6, 6.07) is 0.523. The van der Waals surface area contributed by atoms with E-state index in [1.165, 1.54) is 57.8 Å². The van der Waals surface area contributed by atoms with Gasteiger partial charge in [0, 0.05) is 6.04 Å². The van der Waals surface area contributed by atoms with Crippen molar-refractivity contribution in [3.8, 4) is 0 Å². The third-order valence-corrected chi connectivity index (χ3v) is 4.16. The molecule has 0 aliphatic heterocycles. The first-order valence-corrected chi connectivity index (χ1v) is 6.43. The molecule has 0 spiro atoms. The summed E-state index contributed by atoms with van der Waals surface area (Å²) in [6.07, 6.45) is 14.9. The van der Waals surface area contributed by atoms with E-state index in [4.69, 9.17) is 5.73 Å². The van der Waals surface area contributed by atoms with Crippen molar-refractivity contribution in [2.24, 2.45) is 17.6 Å². The molecular weight excluding hydrogens is 170 g/mol. The largest absolute Gasteiger partial charge is 0.327 e. The number of nitrogens with two attached hydrogens (primary N) is 1. The fourth-order valence-corrected chi connectivity index (χ4v) is 3.19. The van der Waals surface area contributed by atoms with Crippen LogP contribution in [0.15, 0.2) is 0 Å². The van der Waals surface area contributed by atoms with Crippen molar-refractivity contribution < 1.29 is 0 Å². The highest BCUT2D eigenvalue weighted by molar-refractivity contribution is 4.83. The minimum Gasteiger partial charge on any atom is -0.327 e. The Balaban J connectivity index is 1.76. The van der Waals surface area contributed by atoms with Gasteiger partial charge in [0.1, 0.15) is 0 Å². The summed E-state index contributed by atoms with van der Waals surface area (Å²) in [4.78, 5) is 0. The predicted molar refractivity (Wildman–Crippen MR) is 60.8 cm³/mol. The topological polar surface area (TPSA) is 26.0 Å². The molecule has 2 atom stereocenters. The van der Waals surface area contributed by atoms with E-state index in [0.29, 0.717) is 6.04 Å². The van der Waals surface area contributed by atoms with Gasteiger partial charge in [-0.05, 0) is 50.4 Å². The Hall–Kier alpha value is -0.0400. The van der Waals surface area contributed by atoms with Crippen molar-refractivity contribution in [1.29, 1.82) is 0 Å². The summed E-state index contributed by atoms with van der Waals surface area (Å²) in [5.74, 6) is 1.85. The molecule has 2 unspecified atom stereocenters. The van der Waals surface area contributed by atoms with E-state index >= 15 is 0 Å². The lowest BCUT2D eigenvalue weighted by atomic mass is 9.75. The smallest absolute Gasteiger partial charge is 0.00672 e. The predicted octanol–water partition coefficient (Wildman–Crippen LogP) is 3.29. The maximum absolute atomic E-state index is 6.19. The van der Waals surface area contributed by atoms with Gasteiger partial charge in [0.25, 0.3) is 0 Å². The molecule has 2 fully saturated rings. The Labute approximate surface area is 88.4 Å². The van der Waals surface area contributed by atoms with E-state index in [2.05, 4.69) is 6.42 Å². The van der Waals surface area contributed by atoms with Crippen LogP contribution in [0.25, 0.3) is 0 Å². The van der Waals surface area contributed by atoms with Gasteiger partial charge in [-0.1, -0.05) is 25.7 Å². The lowest BCUT2D eigenvalue weighted by Crippen LogP contribution is -2.34. The second kappa shape index (κ2) is 5.16. The SMILES string of the molecule is NC1CCCCC1CC1CC[CH]CC1. The van der Waals surface area contributed by atoms with E-state index in [0.717, 1.165) is 11.8 Å². The summed E-state index contributed by atoms with van der Waals surface area (Å²) < 4.78 is 0. The van der Waals surface area contributed by atoms with Crippen LogP contribution in [0, 0.1) is 18.3 Å². The molecule has 1 heteroatoms. The normalized spacial score (nSPS) is 35.8. The quantitative estimate of drug-likeness (QED) is 0.717. The highest BCUT2D eigenvalue weighted by atomic mass is 14.7. The van der Waals surface area contributed by atoms with Gasteiger partial charge in [-0.15, -0.1) is 0 Å². The fourth-order valence-electron chi connectivity index (χ4n) is 3.19. The van der Waals surface area contributed by atoms with Gasteiger partial charge in [-0.2, -0.15) is 0 Å². The molecule has 0 aromatic rings. The molecule has 0 bridgehead atoms. The Morgan fingerprint density at radius 1 is 1.00 bits per heavy atom. The minimum absolute atomic E-state index is 0.523. The van der Waals surface area contributed by atoms with E-state index in [9.17, 15) is 0 Å². The Morgan fingerprint density at radius 3 is 2.43 bits per heavy atom. The van der Waals surface area contributed by atoms with Crippen molar-refractivity contribution in [2.75, 3.05) is 0 Å². The monoisotopic (exact) mass is 194 g/mol. The average Bonchev–Trinajstić information content (AvgIpc) is 2.23. The molecule has 2 saturated carbocycles. The van der Waals surface area contributed by atoms with E-state index in [1.807, 2.05) is 0 Å². The van der Waals surface area contributed by atoms with Crippen molar-refractivity contribution in [2.45, 2.75) is 63.8 Å². The van der Waals surface area contributed by atoms with Gasteiger partial charge in [0.05, 0.1) is 0 Å². The van der Waals surface area contributed by atoms with Crippen molar-refractivity contribution in [3.05, 3.63) is 6.42 Å². The minimum atomic E-state index is 0.523. The standard InChI is InChI=1S/C13H24N/c14-13-9-5-4-8-12(13)10-11-6-2-1-3-7-11/h1,11-13H,2-10,14H2. The lowest BCUT2D eigenvalue weighted by Gasteiger charge is -2.33. The molecule has 2 N–H and O–H groups in total. The molecule has 14 heavy (non-hydrogen) atoms.